The van der Waals surface area contributed by atoms with Gasteiger partial charge in [-0.1, -0.05) is 55.5 Å². The number of anilines is 1. The Balaban J connectivity index is 1.42. The standard InChI is InChI=1S/C42H48F5N5O3/c1-3-50-21-17-29(18-22-50)19-23-51(27-30-7-9-31(10-8-30)32-11-14-34(15-12-32)42(45,46)47)39(54)28-52-35(16-13-33-5-4-6-37(43)40(33)44)25-38(53)36(41(52)48)26-49-20-24-55-2/h4-12,14-15,25-26,29H,3,13,16-24,27-28,48H2,1-2H3. The lowest BCUT2D eigenvalue weighted by Gasteiger charge is -2.33. The van der Waals surface area contributed by atoms with Gasteiger partial charge in [0.1, 0.15) is 12.4 Å². The zero-order chi connectivity index (χ0) is 39.5. The molecule has 294 valence electrons. The summed E-state index contributed by atoms with van der Waals surface area (Å²) in [6, 6.07) is 17.6. The molecule has 0 aliphatic carbocycles. The van der Waals surface area contributed by atoms with Gasteiger partial charge in [0.2, 0.25) is 5.91 Å². The smallest absolute Gasteiger partial charge is 0.384 e. The zero-order valence-electron chi connectivity index (χ0n) is 31.3. The van der Waals surface area contributed by atoms with Crippen molar-refractivity contribution in [1.82, 2.24) is 14.4 Å². The number of halogens is 5. The topological polar surface area (TPSA) is 93.2 Å². The van der Waals surface area contributed by atoms with E-state index in [0.717, 1.165) is 68.2 Å². The SMILES string of the molecule is CCN1CCC(CCN(Cc2ccc(-c3ccc(C(F)(F)F)cc3)cc2)C(=O)Cn2c(CCc3cccc(F)c3F)cc(=O)c(C=NCCOC)c2N)CC1. The summed E-state index contributed by atoms with van der Waals surface area (Å²) in [5.41, 5.74) is 8.30. The third-order valence-electron chi connectivity index (χ3n) is 10.3. The van der Waals surface area contributed by atoms with Crippen LogP contribution in [0.15, 0.2) is 82.6 Å². The molecule has 1 fully saturated rings. The number of carbonyl (C=O) groups is 1. The summed E-state index contributed by atoms with van der Waals surface area (Å²) in [6.07, 6.45) is -0.0561. The second-order valence-corrected chi connectivity index (χ2v) is 13.9. The predicted octanol–water partition coefficient (Wildman–Crippen LogP) is 7.40. The van der Waals surface area contributed by atoms with Crippen LogP contribution in [-0.2, 0) is 41.6 Å². The van der Waals surface area contributed by atoms with Gasteiger partial charge in [0.25, 0.3) is 0 Å². The highest BCUT2D eigenvalue weighted by Gasteiger charge is 2.30. The van der Waals surface area contributed by atoms with Crippen molar-refractivity contribution in [2.45, 2.75) is 58.3 Å². The number of nitrogen functional groups attached to an aromatic ring is 1. The van der Waals surface area contributed by atoms with Crippen molar-refractivity contribution in [3.8, 4) is 11.1 Å². The van der Waals surface area contributed by atoms with Gasteiger partial charge >= 0.3 is 6.18 Å². The van der Waals surface area contributed by atoms with E-state index in [0.29, 0.717) is 30.3 Å². The van der Waals surface area contributed by atoms with Crippen molar-refractivity contribution in [2.75, 3.05) is 52.2 Å². The van der Waals surface area contributed by atoms with E-state index in [1.54, 1.807) is 9.47 Å². The molecule has 0 bridgehead atoms. The normalized spacial score (nSPS) is 14.2. The maximum Gasteiger partial charge on any atom is 0.416 e. The van der Waals surface area contributed by atoms with E-state index in [1.165, 1.54) is 43.7 Å². The Labute approximate surface area is 318 Å². The molecule has 5 rings (SSSR count). The number of aliphatic imine (C=N–C) groups is 1. The van der Waals surface area contributed by atoms with Crippen LogP contribution in [-0.4, -0.2) is 72.9 Å². The fourth-order valence-electron chi connectivity index (χ4n) is 6.89. The number of hydrogen-bond acceptors (Lipinski definition) is 6. The van der Waals surface area contributed by atoms with Crippen LogP contribution in [0.1, 0.15) is 54.1 Å². The molecule has 0 radical (unpaired) electrons. The number of piperidine rings is 1. The molecule has 1 aromatic heterocycles. The van der Waals surface area contributed by atoms with Crippen molar-refractivity contribution >= 4 is 17.9 Å². The van der Waals surface area contributed by atoms with E-state index >= 15 is 0 Å². The number of aromatic nitrogens is 1. The first kappa shape index (κ1) is 41.3. The Morgan fingerprint density at radius 3 is 2.31 bits per heavy atom. The number of alkyl halides is 3. The molecule has 8 nitrogen and oxygen atoms in total. The number of amides is 1. The highest BCUT2D eigenvalue weighted by atomic mass is 19.4. The Morgan fingerprint density at radius 1 is 1.00 bits per heavy atom. The van der Waals surface area contributed by atoms with Crippen LogP contribution >= 0.6 is 0 Å². The highest BCUT2D eigenvalue weighted by Crippen LogP contribution is 2.31. The van der Waals surface area contributed by atoms with Crippen molar-refractivity contribution in [2.24, 2.45) is 10.9 Å². The third-order valence-corrected chi connectivity index (χ3v) is 10.3. The minimum Gasteiger partial charge on any atom is -0.384 e. The first-order chi connectivity index (χ1) is 26.4. The molecule has 0 saturated carbocycles. The molecule has 0 atom stereocenters. The largest absolute Gasteiger partial charge is 0.416 e. The molecule has 13 heteroatoms. The van der Waals surface area contributed by atoms with Crippen LogP contribution in [0.4, 0.5) is 27.8 Å². The summed E-state index contributed by atoms with van der Waals surface area (Å²) in [4.78, 5) is 36.1. The molecule has 1 aliphatic rings. The van der Waals surface area contributed by atoms with Gasteiger partial charge in [0, 0.05) is 38.2 Å². The van der Waals surface area contributed by atoms with E-state index in [-0.39, 0.29) is 55.3 Å². The van der Waals surface area contributed by atoms with Crippen molar-refractivity contribution < 1.29 is 31.5 Å². The molecular weight excluding hydrogens is 717 g/mol. The van der Waals surface area contributed by atoms with Crippen LogP contribution in [0, 0.1) is 17.6 Å². The molecule has 2 heterocycles. The predicted molar refractivity (Wildman–Crippen MR) is 205 cm³/mol. The summed E-state index contributed by atoms with van der Waals surface area (Å²) in [6.45, 7) is 6.26. The average Bonchev–Trinajstić information content (AvgIpc) is 3.18. The number of aryl methyl sites for hydroxylation is 2. The van der Waals surface area contributed by atoms with Gasteiger partial charge in [-0.05, 0) is 98.1 Å². The Hall–Kier alpha value is -4.88. The summed E-state index contributed by atoms with van der Waals surface area (Å²) in [5, 5.41) is 0. The maximum absolute atomic E-state index is 14.6. The lowest BCUT2D eigenvalue weighted by molar-refractivity contribution is -0.137. The second kappa shape index (κ2) is 19.1. The quantitative estimate of drug-likeness (QED) is 0.0730. The zero-order valence-corrected chi connectivity index (χ0v) is 31.3. The number of ether oxygens (including phenoxy) is 1. The Bertz CT molecular complexity index is 1970. The molecule has 1 saturated heterocycles. The first-order valence-electron chi connectivity index (χ1n) is 18.6. The molecule has 0 unspecified atom stereocenters. The number of hydrogen-bond donors (Lipinski definition) is 1. The summed E-state index contributed by atoms with van der Waals surface area (Å²) >= 11 is 0. The number of methoxy groups -OCH3 is 1. The number of benzene rings is 3. The molecule has 1 amide bonds. The summed E-state index contributed by atoms with van der Waals surface area (Å²) < 4.78 is 74.6. The lowest BCUT2D eigenvalue weighted by atomic mass is 9.93. The van der Waals surface area contributed by atoms with Crippen LogP contribution in [0.3, 0.4) is 0 Å². The van der Waals surface area contributed by atoms with Crippen molar-refractivity contribution in [3.05, 3.63) is 123 Å². The molecule has 3 aromatic carbocycles. The summed E-state index contributed by atoms with van der Waals surface area (Å²) in [7, 11) is 1.53. The second-order valence-electron chi connectivity index (χ2n) is 13.9. The highest BCUT2D eigenvalue weighted by molar-refractivity contribution is 5.86. The Kier molecular flexibility index (Phi) is 14.4. The maximum atomic E-state index is 14.6. The summed E-state index contributed by atoms with van der Waals surface area (Å²) in [5.74, 6) is -1.74. The van der Waals surface area contributed by atoms with Gasteiger partial charge in [-0.2, -0.15) is 13.2 Å². The van der Waals surface area contributed by atoms with Gasteiger partial charge in [0.15, 0.2) is 17.1 Å². The molecule has 55 heavy (non-hydrogen) atoms. The van der Waals surface area contributed by atoms with E-state index in [9.17, 15) is 31.5 Å². The number of carbonyl (C=O) groups excluding carboxylic acids is 1. The lowest BCUT2D eigenvalue weighted by Crippen LogP contribution is -2.38. The number of rotatable bonds is 16. The number of pyridine rings is 1. The van der Waals surface area contributed by atoms with Gasteiger partial charge in [0.05, 0.1) is 24.3 Å². The minimum absolute atomic E-state index is 0.0320. The minimum atomic E-state index is -4.43. The number of nitrogens with two attached hydrogens (primary N) is 1. The average molecular weight is 766 g/mol. The fraction of sp³-hybridized carbons (Fsp3) is 0.405. The molecular formula is C42H48F5N5O3. The van der Waals surface area contributed by atoms with Crippen molar-refractivity contribution in [1.29, 1.82) is 0 Å². The van der Waals surface area contributed by atoms with Gasteiger partial charge in [-0.15, -0.1) is 0 Å². The van der Waals surface area contributed by atoms with E-state index in [4.69, 9.17) is 10.5 Å². The molecule has 1 aliphatic heterocycles. The van der Waals surface area contributed by atoms with Gasteiger partial charge in [-0.3, -0.25) is 14.6 Å². The monoisotopic (exact) mass is 765 g/mol. The van der Waals surface area contributed by atoms with E-state index in [2.05, 4.69) is 16.8 Å². The fourth-order valence-corrected chi connectivity index (χ4v) is 6.89. The van der Waals surface area contributed by atoms with Crippen molar-refractivity contribution in [3.63, 3.8) is 0 Å². The van der Waals surface area contributed by atoms with Gasteiger partial charge in [-0.25, -0.2) is 8.78 Å². The Morgan fingerprint density at radius 2 is 1.67 bits per heavy atom. The molecule has 0 spiro atoms. The first-order valence-corrected chi connectivity index (χ1v) is 18.6. The van der Waals surface area contributed by atoms with Crippen LogP contribution in [0.2, 0.25) is 0 Å². The molecule has 2 N–H and O–H groups in total. The molecule has 4 aromatic rings. The number of nitrogens with zero attached hydrogens (tertiary/aromatic N) is 4. The number of likely N-dealkylation sites (tertiary alicyclic amines) is 1. The third kappa shape index (κ3) is 11.1. The van der Waals surface area contributed by atoms with E-state index < -0.39 is 28.8 Å². The van der Waals surface area contributed by atoms with Crippen LogP contribution in [0.25, 0.3) is 11.1 Å². The van der Waals surface area contributed by atoms with Crippen LogP contribution < -0.4 is 11.2 Å². The van der Waals surface area contributed by atoms with Crippen LogP contribution in [0.5, 0.6) is 0 Å². The van der Waals surface area contributed by atoms with E-state index in [1.807, 2.05) is 24.3 Å². The van der Waals surface area contributed by atoms with Gasteiger partial charge < -0.3 is 24.8 Å².